The summed E-state index contributed by atoms with van der Waals surface area (Å²) in [6.07, 6.45) is -0.383. The molecule has 190 valence electrons. The van der Waals surface area contributed by atoms with Gasteiger partial charge in [0.05, 0.1) is 41.0 Å². The summed E-state index contributed by atoms with van der Waals surface area (Å²) in [6, 6.07) is -1.51. The third-order valence-electron chi connectivity index (χ3n) is 3.40. The number of carbonyl (C=O) groups is 3. The van der Waals surface area contributed by atoms with Crippen molar-refractivity contribution in [2.75, 3.05) is 54.1 Å². The van der Waals surface area contributed by atoms with E-state index >= 15 is 0 Å². The standard InChI is InChI=1S/C13H24NO10P.C5H14NO/c1-3-5-12(16)24-9(6-21-11(15)4-2)7-22-25(19,20)23-8-10(14)13(17)18;1-6(2,3)4-5-7/h9-10H,3-8,14H2,1-2H3,(H,17,18)(H,19,20);7H,4-5H2,1-3H3/q;+1/t9-,10+;/m1./s1. The minimum absolute atomic E-state index is 0.102. The van der Waals surface area contributed by atoms with Gasteiger partial charge >= 0.3 is 25.7 Å². The largest absolute Gasteiger partial charge is 0.480 e. The molecule has 0 aliphatic rings. The minimum Gasteiger partial charge on any atom is -0.480 e. The van der Waals surface area contributed by atoms with E-state index in [9.17, 15) is 23.8 Å². The Morgan fingerprint density at radius 1 is 1.03 bits per heavy atom. The predicted octanol–water partition coefficient (Wildman–Crippen LogP) is -0.118. The molecule has 0 bridgehead atoms. The first-order valence-corrected chi connectivity index (χ1v) is 11.5. The van der Waals surface area contributed by atoms with E-state index in [-0.39, 0.29) is 26.1 Å². The topological polar surface area (TPSA) is 192 Å². The fraction of sp³-hybridized carbons (Fsp3) is 0.833. The lowest BCUT2D eigenvalue weighted by Gasteiger charge is -2.21. The second-order valence-corrected chi connectivity index (χ2v) is 9.09. The number of rotatable bonds is 15. The van der Waals surface area contributed by atoms with Crippen molar-refractivity contribution in [3.63, 3.8) is 0 Å². The number of hydrogen-bond donors (Lipinski definition) is 4. The average molecular weight is 489 g/mol. The zero-order valence-electron chi connectivity index (χ0n) is 19.4. The molecule has 0 aliphatic heterocycles. The number of aliphatic carboxylic acids is 1. The molecule has 0 spiro atoms. The van der Waals surface area contributed by atoms with E-state index in [1.54, 1.807) is 13.8 Å². The smallest absolute Gasteiger partial charge is 0.472 e. The maximum atomic E-state index is 11.7. The Morgan fingerprint density at radius 2 is 1.59 bits per heavy atom. The van der Waals surface area contributed by atoms with Gasteiger partial charge in [-0.25, -0.2) is 4.57 Å². The van der Waals surface area contributed by atoms with Gasteiger partial charge in [0.25, 0.3) is 0 Å². The van der Waals surface area contributed by atoms with Crippen molar-refractivity contribution in [3.8, 4) is 0 Å². The van der Waals surface area contributed by atoms with Crippen molar-refractivity contribution in [2.45, 2.75) is 45.3 Å². The van der Waals surface area contributed by atoms with Crippen LogP contribution in [0.4, 0.5) is 0 Å². The highest BCUT2D eigenvalue weighted by molar-refractivity contribution is 7.47. The molecule has 5 N–H and O–H groups in total. The van der Waals surface area contributed by atoms with Crippen LogP contribution in [0.1, 0.15) is 33.1 Å². The molecule has 0 heterocycles. The molecular formula is C18H38N2O11P+. The number of quaternary nitrogens is 1. The fourth-order valence-electron chi connectivity index (χ4n) is 1.61. The Balaban J connectivity index is 0. The molecular weight excluding hydrogens is 451 g/mol. The van der Waals surface area contributed by atoms with Gasteiger partial charge in [0.15, 0.2) is 6.10 Å². The molecule has 0 saturated heterocycles. The third kappa shape index (κ3) is 20.3. The molecule has 14 heteroatoms. The Kier molecular flexibility index (Phi) is 17.3. The first-order chi connectivity index (χ1) is 14.7. The Labute approximate surface area is 188 Å². The number of ether oxygens (including phenoxy) is 2. The monoisotopic (exact) mass is 489 g/mol. The van der Waals surface area contributed by atoms with E-state index in [0.29, 0.717) is 6.42 Å². The molecule has 1 unspecified atom stereocenters. The molecule has 13 nitrogen and oxygen atoms in total. The molecule has 0 fully saturated rings. The maximum Gasteiger partial charge on any atom is 0.472 e. The van der Waals surface area contributed by atoms with Crippen LogP contribution in [0, 0.1) is 0 Å². The lowest BCUT2D eigenvalue weighted by Crippen LogP contribution is -2.36. The van der Waals surface area contributed by atoms with E-state index in [4.69, 9.17) is 25.4 Å². The maximum absolute atomic E-state index is 11.7. The highest BCUT2D eigenvalue weighted by Gasteiger charge is 2.27. The van der Waals surface area contributed by atoms with Gasteiger partial charge < -0.3 is 34.8 Å². The number of carbonyl (C=O) groups excluding carboxylic acids is 2. The summed E-state index contributed by atoms with van der Waals surface area (Å²) in [5.74, 6) is -2.56. The number of phosphoric acid groups is 1. The molecule has 3 atom stereocenters. The zero-order valence-corrected chi connectivity index (χ0v) is 20.3. The fourth-order valence-corrected chi connectivity index (χ4v) is 2.39. The number of nitrogens with two attached hydrogens (primary N) is 1. The number of aliphatic hydroxyl groups is 1. The van der Waals surface area contributed by atoms with Gasteiger partial charge in [0, 0.05) is 12.8 Å². The van der Waals surface area contributed by atoms with E-state index in [0.717, 1.165) is 11.0 Å². The van der Waals surface area contributed by atoms with Gasteiger partial charge in [-0.05, 0) is 6.42 Å². The van der Waals surface area contributed by atoms with Crippen molar-refractivity contribution in [2.24, 2.45) is 5.73 Å². The van der Waals surface area contributed by atoms with Crippen LogP contribution in [0.25, 0.3) is 0 Å². The summed E-state index contributed by atoms with van der Waals surface area (Å²) < 4.78 is 31.4. The summed E-state index contributed by atoms with van der Waals surface area (Å²) in [4.78, 5) is 42.7. The van der Waals surface area contributed by atoms with Crippen LogP contribution in [0.5, 0.6) is 0 Å². The number of phosphoric ester groups is 1. The number of esters is 2. The van der Waals surface area contributed by atoms with Crippen molar-refractivity contribution < 1.29 is 57.1 Å². The second kappa shape index (κ2) is 17.0. The van der Waals surface area contributed by atoms with Crippen molar-refractivity contribution in [1.82, 2.24) is 0 Å². The minimum atomic E-state index is -4.63. The number of nitrogens with zero attached hydrogens (tertiary/aromatic N) is 1. The molecule has 0 radical (unpaired) electrons. The SMILES string of the molecule is CCCC(=O)O[C@H](COC(=O)CC)COP(=O)(O)OC[C@H](N)C(=O)O.C[N+](C)(C)CCO. The highest BCUT2D eigenvalue weighted by Crippen LogP contribution is 2.43. The van der Waals surface area contributed by atoms with Crippen LogP contribution in [-0.2, 0) is 37.5 Å². The van der Waals surface area contributed by atoms with Crippen LogP contribution in [0.15, 0.2) is 0 Å². The molecule has 0 aromatic carbocycles. The normalized spacial score (nSPS) is 14.9. The van der Waals surface area contributed by atoms with Crippen molar-refractivity contribution >= 4 is 25.7 Å². The van der Waals surface area contributed by atoms with Gasteiger partial charge in [-0.2, -0.15) is 0 Å². The summed E-state index contributed by atoms with van der Waals surface area (Å²) >= 11 is 0. The first-order valence-electron chi connectivity index (χ1n) is 10.0. The summed E-state index contributed by atoms with van der Waals surface area (Å²) in [6.45, 7) is 2.72. The molecule has 32 heavy (non-hydrogen) atoms. The van der Waals surface area contributed by atoms with E-state index in [1.165, 1.54) is 0 Å². The quantitative estimate of drug-likeness (QED) is 0.136. The lowest BCUT2D eigenvalue weighted by atomic mass is 10.3. The van der Waals surface area contributed by atoms with Crippen molar-refractivity contribution in [1.29, 1.82) is 0 Å². The highest BCUT2D eigenvalue weighted by atomic mass is 31.2. The average Bonchev–Trinajstić information content (AvgIpc) is 2.67. The summed E-state index contributed by atoms with van der Waals surface area (Å²) in [7, 11) is 1.53. The van der Waals surface area contributed by atoms with E-state index in [2.05, 4.69) is 30.2 Å². The number of carboxylic acids is 1. The van der Waals surface area contributed by atoms with E-state index < -0.39 is 51.1 Å². The van der Waals surface area contributed by atoms with Crippen LogP contribution >= 0.6 is 7.82 Å². The van der Waals surface area contributed by atoms with Crippen molar-refractivity contribution in [3.05, 3.63) is 0 Å². The third-order valence-corrected chi connectivity index (χ3v) is 4.35. The van der Waals surface area contributed by atoms with Crippen LogP contribution in [0.3, 0.4) is 0 Å². The van der Waals surface area contributed by atoms with Gasteiger partial charge in [-0.1, -0.05) is 13.8 Å². The Bertz CT molecular complexity index is 610. The van der Waals surface area contributed by atoms with Crippen LogP contribution in [-0.4, -0.2) is 104 Å². The Morgan fingerprint density at radius 3 is 2.00 bits per heavy atom. The first kappa shape index (κ1) is 32.6. The number of carboxylic acid groups (broad SMARTS) is 1. The summed E-state index contributed by atoms with van der Waals surface area (Å²) in [5.41, 5.74) is 5.14. The van der Waals surface area contributed by atoms with Gasteiger partial charge in [0.1, 0.15) is 19.2 Å². The summed E-state index contributed by atoms with van der Waals surface area (Å²) in [5, 5.41) is 17.0. The van der Waals surface area contributed by atoms with Gasteiger partial charge in [-0.15, -0.1) is 0 Å². The molecule has 0 aromatic heterocycles. The number of hydrogen-bond acceptors (Lipinski definition) is 10. The zero-order chi connectivity index (χ0) is 25.4. The molecule has 0 aliphatic carbocycles. The second-order valence-electron chi connectivity index (χ2n) is 7.64. The van der Waals surface area contributed by atoms with Gasteiger partial charge in [0.2, 0.25) is 0 Å². The van der Waals surface area contributed by atoms with Crippen LogP contribution < -0.4 is 5.73 Å². The van der Waals surface area contributed by atoms with Gasteiger partial charge in [-0.3, -0.25) is 23.4 Å². The number of likely N-dealkylation sites (N-methyl/N-ethyl adjacent to an activating group) is 1. The molecule has 0 rings (SSSR count). The Hall–Kier alpha value is -1.60. The molecule has 0 saturated carbocycles. The molecule has 0 amide bonds. The lowest BCUT2D eigenvalue weighted by molar-refractivity contribution is -0.870. The number of aliphatic hydroxyl groups excluding tert-OH is 1. The van der Waals surface area contributed by atoms with Crippen LogP contribution in [0.2, 0.25) is 0 Å². The molecule has 0 aromatic rings. The van der Waals surface area contributed by atoms with E-state index in [1.807, 2.05) is 0 Å². The predicted molar refractivity (Wildman–Crippen MR) is 113 cm³/mol.